The zero-order chi connectivity index (χ0) is 23.6. The first-order valence-corrected chi connectivity index (χ1v) is 11.9. The Morgan fingerprint density at radius 3 is 2.78 bits per heavy atom. The summed E-state index contributed by atoms with van der Waals surface area (Å²) in [6, 6.07) is -1.63. The quantitative estimate of drug-likeness (QED) is 0.115. The Morgan fingerprint density at radius 1 is 1.50 bits per heavy atom. The lowest BCUT2D eigenvalue weighted by Gasteiger charge is -2.49. The van der Waals surface area contributed by atoms with E-state index in [4.69, 9.17) is 28.2 Å². The van der Waals surface area contributed by atoms with Gasteiger partial charge in [-0.2, -0.15) is 0 Å². The molecule has 0 spiro atoms. The van der Waals surface area contributed by atoms with Gasteiger partial charge in [0, 0.05) is 16.7 Å². The lowest BCUT2D eigenvalue weighted by Crippen LogP contribution is -2.71. The summed E-state index contributed by atoms with van der Waals surface area (Å²) in [6.45, 7) is -0.261. The van der Waals surface area contributed by atoms with Crippen molar-refractivity contribution in [3.05, 3.63) is 32.1 Å². The first kappa shape index (κ1) is 24.3. The number of hydrogen-bond donors (Lipinski definition) is 6. The van der Waals surface area contributed by atoms with Crippen LogP contribution in [-0.2, 0) is 14.4 Å². The number of anilines is 1. The summed E-state index contributed by atoms with van der Waals surface area (Å²) >= 11 is 9.17. The van der Waals surface area contributed by atoms with Crippen LogP contribution in [0.5, 0.6) is 0 Å². The van der Waals surface area contributed by atoms with Gasteiger partial charge in [0.15, 0.2) is 10.8 Å². The molecular weight excluding hydrogens is 504 g/mol. The van der Waals surface area contributed by atoms with Crippen LogP contribution in [0, 0.1) is 0 Å². The van der Waals surface area contributed by atoms with Crippen molar-refractivity contribution in [3.63, 3.8) is 0 Å². The molecule has 2 amide bonds. The van der Waals surface area contributed by atoms with E-state index in [1.807, 2.05) is 0 Å². The topological polar surface area (TPSA) is 204 Å². The number of rotatable bonds is 8. The van der Waals surface area contributed by atoms with Crippen LogP contribution in [0.15, 0.2) is 27.2 Å². The number of carboxylic acid groups (broad SMARTS) is 1. The van der Waals surface area contributed by atoms with Gasteiger partial charge in [-0.3, -0.25) is 14.5 Å². The van der Waals surface area contributed by atoms with Crippen LogP contribution in [0.2, 0.25) is 4.34 Å². The average Bonchev–Trinajstić information content (AvgIpc) is 3.09. The molecule has 172 valence electrons. The molecule has 1 saturated heterocycles. The number of amides is 2. The second-order valence-corrected chi connectivity index (χ2v) is 10.1. The number of nitrogens with one attached hydrogen (secondary N) is 1. The molecule has 0 aliphatic carbocycles. The molecule has 12 nitrogen and oxygen atoms in total. The van der Waals surface area contributed by atoms with E-state index in [1.165, 1.54) is 17.8 Å². The van der Waals surface area contributed by atoms with Crippen LogP contribution in [0.25, 0.3) is 0 Å². The van der Waals surface area contributed by atoms with Gasteiger partial charge in [0.25, 0.3) is 11.8 Å². The molecule has 0 radical (unpaired) electrons. The summed E-state index contributed by atoms with van der Waals surface area (Å²) in [5, 5.41) is 34.1. The standard InChI is InChI=1S/C16H17ClN6O6S3/c17-11-7(21-16(19)32-11)8(22-29)12(25)20-9-13(26)23-10(15(27)28)6(4-31-14(9)23)30-2-1-5(18)3-24/h1-2,5,9,14,24,29H,3-4,18H2,(H2,19,21)(H,20,25)(H,27,28)/b2-1-,22-8-/t5-,9?,14-/m1/s1. The van der Waals surface area contributed by atoms with Gasteiger partial charge in [0.05, 0.1) is 6.61 Å². The van der Waals surface area contributed by atoms with Crippen LogP contribution < -0.4 is 16.8 Å². The first-order valence-electron chi connectivity index (χ1n) is 8.75. The SMILES string of the molecule is Nc1nc(/C(=N/O)C(=O)NC2C(=O)N3C(C(=O)O)=C(S/C=C\[C@@H](N)CO)CS[C@H]23)c(Cl)s1. The molecule has 2 aliphatic heterocycles. The molecule has 0 aromatic carbocycles. The summed E-state index contributed by atoms with van der Waals surface area (Å²) in [5.41, 5.74) is 10.3. The van der Waals surface area contributed by atoms with Gasteiger partial charge in [-0.25, -0.2) is 9.78 Å². The number of aliphatic carboxylic acids is 1. The number of oxime groups is 1. The van der Waals surface area contributed by atoms with Gasteiger partial charge >= 0.3 is 5.97 Å². The van der Waals surface area contributed by atoms with Crippen molar-refractivity contribution in [2.75, 3.05) is 18.1 Å². The van der Waals surface area contributed by atoms with Crippen LogP contribution in [0.1, 0.15) is 5.69 Å². The molecule has 8 N–H and O–H groups in total. The van der Waals surface area contributed by atoms with Crippen molar-refractivity contribution in [2.24, 2.45) is 10.9 Å². The molecule has 3 rings (SSSR count). The maximum atomic E-state index is 12.7. The smallest absolute Gasteiger partial charge is 0.353 e. The van der Waals surface area contributed by atoms with Crippen molar-refractivity contribution in [3.8, 4) is 0 Å². The Hall–Kier alpha value is -2.30. The number of hydrogen-bond acceptors (Lipinski definition) is 12. The van der Waals surface area contributed by atoms with Gasteiger partial charge in [-0.15, -0.1) is 11.8 Å². The van der Waals surface area contributed by atoms with Gasteiger partial charge in [-0.1, -0.05) is 45.9 Å². The average molecular weight is 521 g/mol. The number of aliphatic hydroxyl groups excluding tert-OH is 1. The fourth-order valence-corrected chi connectivity index (χ4v) is 6.18. The molecule has 32 heavy (non-hydrogen) atoms. The Morgan fingerprint density at radius 2 is 2.22 bits per heavy atom. The molecule has 1 fully saturated rings. The molecule has 3 atom stereocenters. The molecule has 3 heterocycles. The number of aromatic nitrogens is 1. The number of nitrogen functional groups attached to an aromatic ring is 1. The van der Waals surface area contributed by atoms with Crippen LogP contribution in [-0.4, -0.2) is 78.6 Å². The summed E-state index contributed by atoms with van der Waals surface area (Å²) in [4.78, 5) is 42.5. The largest absolute Gasteiger partial charge is 0.477 e. The number of nitrogens with zero attached hydrogens (tertiary/aromatic N) is 3. The minimum absolute atomic E-state index is 0.0331. The van der Waals surface area contributed by atoms with E-state index in [9.17, 15) is 24.7 Å². The predicted octanol–water partition coefficient (Wildman–Crippen LogP) is -0.180. The molecular formula is C16H17ClN6O6S3. The monoisotopic (exact) mass is 520 g/mol. The molecule has 16 heteroatoms. The maximum Gasteiger partial charge on any atom is 0.353 e. The molecule has 0 saturated carbocycles. The number of thiazole rings is 1. The van der Waals surface area contributed by atoms with E-state index < -0.39 is 41.0 Å². The summed E-state index contributed by atoms with van der Waals surface area (Å²) in [7, 11) is 0. The highest BCUT2D eigenvalue weighted by Crippen LogP contribution is 2.43. The number of thioether (sulfide) groups is 2. The summed E-state index contributed by atoms with van der Waals surface area (Å²) < 4.78 is 0.0331. The molecule has 1 unspecified atom stereocenters. The third kappa shape index (κ3) is 4.72. The van der Waals surface area contributed by atoms with Crippen LogP contribution in [0.3, 0.4) is 0 Å². The molecule has 2 aliphatic rings. The number of carboxylic acids is 1. The third-order valence-corrected chi connectivity index (χ3v) is 7.77. The Bertz CT molecular complexity index is 1040. The van der Waals surface area contributed by atoms with Gasteiger partial charge < -0.3 is 32.2 Å². The predicted molar refractivity (Wildman–Crippen MR) is 121 cm³/mol. The number of fused-ring (bicyclic) bond motifs is 1. The highest BCUT2D eigenvalue weighted by molar-refractivity contribution is 8.08. The highest BCUT2D eigenvalue weighted by atomic mass is 35.5. The zero-order valence-corrected chi connectivity index (χ0v) is 19.2. The van der Waals surface area contributed by atoms with E-state index in [0.717, 1.165) is 28.0 Å². The van der Waals surface area contributed by atoms with Crippen molar-refractivity contribution in [1.82, 2.24) is 15.2 Å². The number of carbonyl (C=O) groups is 3. The van der Waals surface area contributed by atoms with Crippen molar-refractivity contribution < 1.29 is 29.8 Å². The highest BCUT2D eigenvalue weighted by Gasteiger charge is 2.54. The molecule has 1 aromatic rings. The van der Waals surface area contributed by atoms with E-state index in [1.54, 1.807) is 5.41 Å². The van der Waals surface area contributed by atoms with Crippen LogP contribution in [0.4, 0.5) is 5.13 Å². The first-order chi connectivity index (χ1) is 15.2. The van der Waals surface area contributed by atoms with E-state index in [2.05, 4.69) is 15.5 Å². The van der Waals surface area contributed by atoms with Gasteiger partial charge in [-0.05, 0) is 5.41 Å². The van der Waals surface area contributed by atoms with E-state index >= 15 is 0 Å². The fourth-order valence-electron chi connectivity index (χ4n) is 2.84. The second-order valence-electron chi connectivity index (χ2n) is 6.35. The van der Waals surface area contributed by atoms with Gasteiger partial charge in [0.1, 0.15) is 27.1 Å². The molecule has 1 aromatic heterocycles. The lowest BCUT2D eigenvalue weighted by molar-refractivity contribution is -0.150. The van der Waals surface area contributed by atoms with Crippen molar-refractivity contribution >= 4 is 75.1 Å². The number of halogens is 1. The van der Waals surface area contributed by atoms with Crippen LogP contribution >= 0.6 is 46.5 Å². The lowest BCUT2D eigenvalue weighted by atomic mass is 10.0. The Labute approximate surface area is 198 Å². The van der Waals surface area contributed by atoms with Gasteiger partial charge in [0.2, 0.25) is 0 Å². The zero-order valence-electron chi connectivity index (χ0n) is 16.0. The van der Waals surface area contributed by atoms with E-state index in [0.29, 0.717) is 4.91 Å². The Balaban J connectivity index is 1.76. The molecule has 0 bridgehead atoms. The van der Waals surface area contributed by atoms with Crippen molar-refractivity contribution in [1.29, 1.82) is 0 Å². The van der Waals surface area contributed by atoms with Crippen molar-refractivity contribution in [2.45, 2.75) is 17.5 Å². The second kappa shape index (κ2) is 10.1. The minimum Gasteiger partial charge on any atom is -0.477 e. The minimum atomic E-state index is -1.29. The van der Waals surface area contributed by atoms with E-state index in [-0.39, 0.29) is 33.2 Å². The number of carbonyl (C=O) groups excluding carboxylic acids is 2. The normalized spacial score (nSPS) is 22.0. The maximum absolute atomic E-state index is 12.7. The number of β-lactam (4-membered cyclic amide) rings is 1. The fraction of sp³-hybridized carbons (Fsp3) is 0.312. The summed E-state index contributed by atoms with van der Waals surface area (Å²) in [5.74, 6) is -2.58. The third-order valence-electron chi connectivity index (χ3n) is 4.31. The number of aliphatic hydroxyl groups is 1. The Kier molecular flexibility index (Phi) is 7.68. The number of nitrogens with two attached hydrogens (primary N) is 2. The summed E-state index contributed by atoms with van der Waals surface area (Å²) in [6.07, 6.45) is 1.51.